The van der Waals surface area contributed by atoms with Crippen LogP contribution in [0, 0.1) is 0 Å². The number of hydrogen-bond donors (Lipinski definition) is 1. The van der Waals surface area contributed by atoms with Gasteiger partial charge in [0.25, 0.3) is 6.43 Å². The van der Waals surface area contributed by atoms with Crippen LogP contribution in [0.3, 0.4) is 0 Å². The summed E-state index contributed by atoms with van der Waals surface area (Å²) in [6.07, 6.45) is -1.16. The summed E-state index contributed by atoms with van der Waals surface area (Å²) in [7, 11) is -3.17. The highest BCUT2D eigenvalue weighted by Gasteiger charge is 2.29. The van der Waals surface area contributed by atoms with Crippen LogP contribution in [0.2, 0.25) is 0 Å². The fourth-order valence-corrected chi connectivity index (χ4v) is 4.19. The van der Waals surface area contributed by atoms with Crippen molar-refractivity contribution < 1.29 is 22.0 Å². The molecule has 2 aliphatic rings. The van der Waals surface area contributed by atoms with Crippen LogP contribution in [0.15, 0.2) is 0 Å². The molecule has 24 heavy (non-hydrogen) atoms. The van der Waals surface area contributed by atoms with E-state index < -0.39 is 16.4 Å². The number of urea groups is 1. The summed E-state index contributed by atoms with van der Waals surface area (Å²) in [6, 6.07) is -0.233. The summed E-state index contributed by atoms with van der Waals surface area (Å²) in [6.45, 7) is 3.97. The fourth-order valence-electron chi connectivity index (χ4n) is 3.06. The van der Waals surface area contributed by atoms with E-state index in [0.29, 0.717) is 52.1 Å². The molecular weight excluding hydrogens is 342 g/mol. The van der Waals surface area contributed by atoms with E-state index in [4.69, 9.17) is 0 Å². The van der Waals surface area contributed by atoms with E-state index in [1.807, 2.05) is 0 Å². The van der Waals surface area contributed by atoms with Gasteiger partial charge in [-0.1, -0.05) is 0 Å². The number of hydrogen-bond acceptors (Lipinski definition) is 4. The second-order valence-electron chi connectivity index (χ2n) is 6.20. The van der Waals surface area contributed by atoms with Crippen LogP contribution >= 0.6 is 0 Å². The van der Waals surface area contributed by atoms with Gasteiger partial charge in [-0.3, -0.25) is 4.90 Å². The minimum absolute atomic E-state index is 0.0418. The first-order valence-corrected chi connectivity index (χ1v) is 9.96. The van der Waals surface area contributed by atoms with Crippen molar-refractivity contribution >= 4 is 16.1 Å². The van der Waals surface area contributed by atoms with E-state index in [1.54, 1.807) is 16.7 Å². The van der Waals surface area contributed by atoms with Gasteiger partial charge >= 0.3 is 6.03 Å². The predicted octanol–water partition coefficient (Wildman–Crippen LogP) is 0.393. The predicted molar refractivity (Wildman–Crippen MR) is 86.6 cm³/mol. The Labute approximate surface area is 142 Å². The zero-order chi connectivity index (χ0) is 17.7. The molecule has 2 rings (SSSR count). The Bertz CT molecular complexity index is 516. The number of halogens is 2. The first-order valence-electron chi connectivity index (χ1n) is 8.35. The Kier molecular flexibility index (Phi) is 6.76. The lowest BCUT2D eigenvalue weighted by molar-refractivity contribution is 0.0630. The zero-order valence-corrected chi connectivity index (χ0v) is 14.8. The lowest BCUT2D eigenvalue weighted by atomic mass is 10.1. The number of carbonyl (C=O) groups is 1. The third kappa shape index (κ3) is 5.25. The number of nitrogens with one attached hydrogen (secondary N) is 1. The maximum Gasteiger partial charge on any atom is 0.317 e. The van der Waals surface area contributed by atoms with Crippen molar-refractivity contribution in [2.75, 3.05) is 51.6 Å². The smallest absolute Gasteiger partial charge is 0.317 e. The Hall–Kier alpha value is -1.00. The van der Waals surface area contributed by atoms with E-state index in [-0.39, 0.29) is 24.4 Å². The Morgan fingerprint density at radius 1 is 1.12 bits per heavy atom. The molecule has 2 fully saturated rings. The highest BCUT2D eigenvalue weighted by atomic mass is 32.2. The van der Waals surface area contributed by atoms with E-state index in [2.05, 4.69) is 5.32 Å². The van der Waals surface area contributed by atoms with Crippen LogP contribution in [0.25, 0.3) is 0 Å². The summed E-state index contributed by atoms with van der Waals surface area (Å²) in [5.41, 5.74) is 0. The molecule has 0 spiro atoms. The zero-order valence-electron chi connectivity index (χ0n) is 14.0. The summed E-state index contributed by atoms with van der Waals surface area (Å²) < 4.78 is 49.8. The van der Waals surface area contributed by atoms with Crippen molar-refractivity contribution in [2.24, 2.45) is 0 Å². The Morgan fingerprint density at radius 3 is 2.21 bits per heavy atom. The topological polar surface area (TPSA) is 73.0 Å². The van der Waals surface area contributed by atoms with Crippen molar-refractivity contribution in [3.63, 3.8) is 0 Å². The molecule has 0 aromatic heterocycles. The highest BCUT2D eigenvalue weighted by molar-refractivity contribution is 7.89. The molecule has 10 heteroatoms. The van der Waals surface area contributed by atoms with Gasteiger partial charge in [0.15, 0.2) is 0 Å². The van der Waals surface area contributed by atoms with Crippen molar-refractivity contribution in [3.8, 4) is 0 Å². The van der Waals surface area contributed by atoms with E-state index in [9.17, 15) is 22.0 Å². The van der Waals surface area contributed by atoms with E-state index in [1.165, 1.54) is 4.31 Å². The highest BCUT2D eigenvalue weighted by Crippen LogP contribution is 2.15. The largest absolute Gasteiger partial charge is 0.335 e. The van der Waals surface area contributed by atoms with Crippen molar-refractivity contribution in [2.45, 2.75) is 32.2 Å². The third-order valence-electron chi connectivity index (χ3n) is 4.60. The summed E-state index contributed by atoms with van der Waals surface area (Å²) in [4.78, 5) is 15.5. The molecule has 0 aliphatic carbocycles. The summed E-state index contributed by atoms with van der Waals surface area (Å²) in [5, 5.41) is 2.93. The van der Waals surface area contributed by atoms with Crippen LogP contribution in [0.1, 0.15) is 19.8 Å². The van der Waals surface area contributed by atoms with Gasteiger partial charge in [-0.25, -0.2) is 26.3 Å². The van der Waals surface area contributed by atoms with Gasteiger partial charge in [-0.15, -0.1) is 0 Å². The molecule has 0 saturated carbocycles. The van der Waals surface area contributed by atoms with Gasteiger partial charge in [-0.05, 0) is 19.8 Å². The Balaban J connectivity index is 1.73. The first-order chi connectivity index (χ1) is 11.3. The number of amides is 2. The molecule has 0 radical (unpaired) electrons. The monoisotopic (exact) mass is 368 g/mol. The van der Waals surface area contributed by atoms with Crippen molar-refractivity contribution in [3.05, 3.63) is 0 Å². The molecule has 2 aliphatic heterocycles. The van der Waals surface area contributed by atoms with Gasteiger partial charge in [0.1, 0.15) is 0 Å². The normalized spacial score (nSPS) is 22.1. The van der Waals surface area contributed by atoms with Crippen molar-refractivity contribution in [1.29, 1.82) is 0 Å². The number of rotatable bonds is 5. The van der Waals surface area contributed by atoms with E-state index in [0.717, 1.165) is 0 Å². The van der Waals surface area contributed by atoms with Crippen LogP contribution in [0.5, 0.6) is 0 Å². The minimum atomic E-state index is -3.17. The molecule has 140 valence electrons. The molecule has 2 heterocycles. The molecule has 0 aromatic rings. The number of nitrogens with zero attached hydrogens (tertiary/aromatic N) is 3. The van der Waals surface area contributed by atoms with Crippen LogP contribution in [-0.2, 0) is 10.0 Å². The molecule has 0 unspecified atom stereocenters. The number of carbonyl (C=O) groups excluding carboxylic acids is 1. The second-order valence-corrected chi connectivity index (χ2v) is 8.46. The third-order valence-corrected chi connectivity index (χ3v) is 6.48. The lowest BCUT2D eigenvalue weighted by Gasteiger charge is -2.36. The maximum atomic E-state index is 12.3. The molecule has 0 atom stereocenters. The number of piperidine rings is 1. The van der Waals surface area contributed by atoms with Gasteiger partial charge in [-0.2, -0.15) is 0 Å². The van der Waals surface area contributed by atoms with Gasteiger partial charge in [0.2, 0.25) is 10.0 Å². The summed E-state index contributed by atoms with van der Waals surface area (Å²) >= 11 is 0. The maximum absolute atomic E-state index is 12.3. The molecule has 2 saturated heterocycles. The van der Waals surface area contributed by atoms with Crippen LogP contribution in [-0.4, -0.2) is 92.6 Å². The Morgan fingerprint density at radius 2 is 1.71 bits per heavy atom. The number of sulfonamides is 1. The summed E-state index contributed by atoms with van der Waals surface area (Å²) in [5.74, 6) is 0.0902. The van der Waals surface area contributed by atoms with Crippen LogP contribution < -0.4 is 5.32 Å². The molecule has 0 aromatic carbocycles. The van der Waals surface area contributed by atoms with E-state index >= 15 is 0 Å². The van der Waals surface area contributed by atoms with Crippen LogP contribution in [0.4, 0.5) is 13.6 Å². The fraction of sp³-hybridized carbons (Fsp3) is 0.929. The molecule has 7 nitrogen and oxygen atoms in total. The standard InChI is InChI=1S/C14H26F2N4O3S/c1-2-24(22,23)20-5-3-12(4-6-20)17-14(21)19-9-7-18(8-10-19)11-13(15)16/h12-13H,2-11H2,1H3,(H,17,21). The SMILES string of the molecule is CCS(=O)(=O)N1CCC(NC(=O)N2CCN(CC(F)F)CC2)CC1. The molecule has 2 amide bonds. The minimum Gasteiger partial charge on any atom is -0.335 e. The second kappa shape index (κ2) is 8.39. The molecule has 1 N–H and O–H groups in total. The number of piperazine rings is 1. The van der Waals surface area contributed by atoms with Gasteiger partial charge < -0.3 is 10.2 Å². The van der Waals surface area contributed by atoms with Gasteiger partial charge in [0.05, 0.1) is 12.3 Å². The van der Waals surface area contributed by atoms with Crippen molar-refractivity contribution in [1.82, 2.24) is 19.4 Å². The first kappa shape index (κ1) is 19.3. The molecular formula is C14H26F2N4O3S. The number of alkyl halides is 2. The molecule has 0 bridgehead atoms. The quantitative estimate of drug-likeness (QED) is 0.762. The average molecular weight is 368 g/mol. The lowest BCUT2D eigenvalue weighted by Crippen LogP contribution is -2.55. The van der Waals surface area contributed by atoms with Gasteiger partial charge in [0, 0.05) is 45.3 Å². The average Bonchev–Trinajstić information content (AvgIpc) is 2.55.